The molecule has 1 fully saturated rings. The lowest BCUT2D eigenvalue weighted by Gasteiger charge is -2.32. The van der Waals surface area contributed by atoms with Crippen LogP contribution in [-0.4, -0.2) is 25.7 Å². The maximum Gasteiger partial charge on any atom is 0.0475 e. The van der Waals surface area contributed by atoms with Crippen molar-refractivity contribution < 1.29 is 0 Å². The number of nitrogens with one attached hydrogen (secondary N) is 1. The predicted octanol–water partition coefficient (Wildman–Crippen LogP) is 2.39. The molecule has 0 bridgehead atoms. The lowest BCUT2D eigenvalue weighted by molar-refractivity contribution is 0.485. The molecular weight excluding hydrogens is 239 g/mol. The van der Waals surface area contributed by atoms with Crippen LogP contribution in [0.5, 0.6) is 0 Å². The van der Waals surface area contributed by atoms with Gasteiger partial charge in [0.1, 0.15) is 0 Å². The molecule has 1 unspecified atom stereocenters. The highest BCUT2D eigenvalue weighted by Gasteiger charge is 2.15. The number of hydrogen-bond donors (Lipinski definition) is 1. The molecule has 2 rings (SSSR count). The maximum absolute atomic E-state index is 3.44. The first-order valence-corrected chi connectivity index (χ1v) is 5.31. The van der Waals surface area contributed by atoms with Gasteiger partial charge in [-0.3, -0.25) is 0 Å². The molecule has 1 aliphatic rings. The van der Waals surface area contributed by atoms with Crippen LogP contribution < -0.4 is 10.2 Å². The van der Waals surface area contributed by atoms with Crippen molar-refractivity contribution in [3.8, 4) is 0 Å². The van der Waals surface area contributed by atoms with Gasteiger partial charge in [-0.05, 0) is 18.4 Å². The summed E-state index contributed by atoms with van der Waals surface area (Å²) in [5.41, 5.74) is 1.38. The zero-order valence-corrected chi connectivity index (χ0v) is 10.6. The first-order valence-electron chi connectivity index (χ1n) is 4.37. The number of hydrogen-bond acceptors (Lipinski definition) is 3. The molecule has 0 saturated carbocycles. The molecule has 1 atom stereocenters. The Morgan fingerprint density at radius 3 is 2.86 bits per heavy atom. The van der Waals surface area contributed by atoms with E-state index in [4.69, 9.17) is 0 Å². The third kappa shape index (κ3) is 3.31. The molecule has 1 aromatic rings. The van der Waals surface area contributed by atoms with Gasteiger partial charge < -0.3 is 10.2 Å². The predicted molar refractivity (Wildman–Crippen MR) is 68.5 cm³/mol. The Morgan fingerprint density at radius 2 is 2.29 bits per heavy atom. The van der Waals surface area contributed by atoms with Gasteiger partial charge in [-0.15, -0.1) is 24.8 Å². The van der Waals surface area contributed by atoms with Gasteiger partial charge in [0.15, 0.2) is 0 Å². The highest BCUT2D eigenvalue weighted by Crippen LogP contribution is 2.18. The first kappa shape index (κ1) is 14.0. The van der Waals surface area contributed by atoms with Crippen molar-refractivity contribution in [2.75, 3.05) is 24.5 Å². The van der Waals surface area contributed by atoms with Crippen LogP contribution in [0.3, 0.4) is 0 Å². The molecule has 0 radical (unpaired) electrons. The standard InChI is InChI=1S/C9H14N2S.2ClH/c1-8-6-11(4-3-10-8)9-2-5-12-7-9;;/h2,5,7-8,10H,3-4,6H2,1H3;2*1H. The Balaban J connectivity index is 0.000000845. The van der Waals surface area contributed by atoms with E-state index in [0.717, 1.165) is 19.6 Å². The van der Waals surface area contributed by atoms with Gasteiger partial charge in [0.25, 0.3) is 0 Å². The van der Waals surface area contributed by atoms with Crippen molar-refractivity contribution in [1.29, 1.82) is 0 Å². The van der Waals surface area contributed by atoms with E-state index >= 15 is 0 Å². The molecule has 0 spiro atoms. The van der Waals surface area contributed by atoms with E-state index in [0.29, 0.717) is 6.04 Å². The molecule has 0 aromatic carbocycles. The van der Waals surface area contributed by atoms with Crippen LogP contribution in [-0.2, 0) is 0 Å². The minimum atomic E-state index is 0. The van der Waals surface area contributed by atoms with Crippen molar-refractivity contribution >= 4 is 41.8 Å². The van der Waals surface area contributed by atoms with Crippen LogP contribution in [0.1, 0.15) is 6.92 Å². The van der Waals surface area contributed by atoms with Gasteiger partial charge in [-0.1, -0.05) is 0 Å². The molecule has 0 aliphatic carbocycles. The number of rotatable bonds is 1. The second kappa shape index (κ2) is 6.51. The number of nitrogens with zero attached hydrogens (tertiary/aromatic N) is 1. The summed E-state index contributed by atoms with van der Waals surface area (Å²) in [6.45, 7) is 5.62. The summed E-state index contributed by atoms with van der Waals surface area (Å²) in [6, 6.07) is 2.82. The Labute approximate surface area is 102 Å². The number of halogens is 2. The quantitative estimate of drug-likeness (QED) is 0.829. The van der Waals surface area contributed by atoms with Gasteiger partial charge in [-0.2, -0.15) is 11.3 Å². The fraction of sp³-hybridized carbons (Fsp3) is 0.556. The van der Waals surface area contributed by atoms with E-state index < -0.39 is 0 Å². The lowest BCUT2D eigenvalue weighted by Crippen LogP contribution is -2.49. The Kier molecular flexibility index (Phi) is 6.53. The number of anilines is 1. The summed E-state index contributed by atoms with van der Waals surface area (Å²) < 4.78 is 0. The van der Waals surface area contributed by atoms with E-state index in [9.17, 15) is 0 Å². The zero-order chi connectivity index (χ0) is 8.39. The summed E-state index contributed by atoms with van der Waals surface area (Å²) in [6.07, 6.45) is 0. The molecule has 14 heavy (non-hydrogen) atoms. The lowest BCUT2D eigenvalue weighted by atomic mass is 10.2. The summed E-state index contributed by atoms with van der Waals surface area (Å²) in [4.78, 5) is 2.44. The largest absolute Gasteiger partial charge is 0.368 e. The first-order chi connectivity index (χ1) is 5.86. The number of piperazine rings is 1. The molecule has 1 saturated heterocycles. The van der Waals surface area contributed by atoms with Crippen LogP contribution in [0.25, 0.3) is 0 Å². The molecule has 1 N–H and O–H groups in total. The Morgan fingerprint density at radius 1 is 1.50 bits per heavy atom. The molecule has 2 nitrogen and oxygen atoms in total. The molecule has 1 aliphatic heterocycles. The maximum atomic E-state index is 3.44. The minimum Gasteiger partial charge on any atom is -0.368 e. The van der Waals surface area contributed by atoms with Crippen molar-refractivity contribution in [2.24, 2.45) is 0 Å². The van der Waals surface area contributed by atoms with Gasteiger partial charge in [0.2, 0.25) is 0 Å². The average Bonchev–Trinajstić information content (AvgIpc) is 2.56. The van der Waals surface area contributed by atoms with Crippen molar-refractivity contribution in [2.45, 2.75) is 13.0 Å². The van der Waals surface area contributed by atoms with Gasteiger partial charge in [-0.25, -0.2) is 0 Å². The monoisotopic (exact) mass is 254 g/mol. The SMILES string of the molecule is CC1CN(c2ccsc2)CCN1.Cl.Cl. The third-order valence-corrected chi connectivity index (χ3v) is 2.91. The second-order valence-electron chi connectivity index (χ2n) is 3.28. The van der Waals surface area contributed by atoms with E-state index in [2.05, 4.69) is 34.0 Å². The summed E-state index contributed by atoms with van der Waals surface area (Å²) >= 11 is 1.77. The van der Waals surface area contributed by atoms with Crippen LogP contribution in [0.15, 0.2) is 16.8 Å². The Bertz CT molecular complexity index is 241. The molecule has 1 aromatic heterocycles. The van der Waals surface area contributed by atoms with Crippen molar-refractivity contribution in [1.82, 2.24) is 5.32 Å². The number of thiophene rings is 1. The highest BCUT2D eigenvalue weighted by molar-refractivity contribution is 7.08. The Hall–Kier alpha value is 0.0400. The molecule has 2 heterocycles. The van der Waals surface area contributed by atoms with Gasteiger partial charge >= 0.3 is 0 Å². The minimum absolute atomic E-state index is 0. The highest BCUT2D eigenvalue weighted by atomic mass is 35.5. The topological polar surface area (TPSA) is 15.3 Å². The van der Waals surface area contributed by atoms with E-state index in [1.165, 1.54) is 5.69 Å². The molecule has 0 amide bonds. The summed E-state index contributed by atoms with van der Waals surface area (Å²) in [7, 11) is 0. The normalized spacial score (nSPS) is 20.9. The molecule has 5 heteroatoms. The van der Waals surface area contributed by atoms with E-state index in [-0.39, 0.29) is 24.8 Å². The third-order valence-electron chi connectivity index (χ3n) is 2.24. The zero-order valence-electron chi connectivity index (χ0n) is 8.10. The molecular formula is C9H16Cl2N2S. The van der Waals surface area contributed by atoms with E-state index in [1.54, 1.807) is 11.3 Å². The van der Waals surface area contributed by atoms with Crippen LogP contribution in [0, 0.1) is 0 Å². The fourth-order valence-corrected chi connectivity index (χ4v) is 2.27. The van der Waals surface area contributed by atoms with Crippen LogP contribution >= 0.6 is 36.2 Å². The van der Waals surface area contributed by atoms with Crippen LogP contribution in [0.4, 0.5) is 5.69 Å². The van der Waals surface area contributed by atoms with Crippen molar-refractivity contribution in [3.63, 3.8) is 0 Å². The van der Waals surface area contributed by atoms with Crippen LogP contribution in [0.2, 0.25) is 0 Å². The van der Waals surface area contributed by atoms with Gasteiger partial charge in [0.05, 0.1) is 0 Å². The van der Waals surface area contributed by atoms with E-state index in [1.807, 2.05) is 0 Å². The summed E-state index contributed by atoms with van der Waals surface area (Å²) in [5.74, 6) is 0. The average molecular weight is 255 g/mol. The second-order valence-corrected chi connectivity index (χ2v) is 4.06. The van der Waals surface area contributed by atoms with Crippen molar-refractivity contribution in [3.05, 3.63) is 16.8 Å². The summed E-state index contributed by atoms with van der Waals surface area (Å²) in [5, 5.41) is 7.80. The molecule has 82 valence electrons. The smallest absolute Gasteiger partial charge is 0.0475 e. The fourth-order valence-electron chi connectivity index (χ4n) is 1.60. The van der Waals surface area contributed by atoms with Gasteiger partial charge in [0, 0.05) is 36.7 Å².